The molecule has 1 atom stereocenters. The number of hydrogen-bond acceptors (Lipinski definition) is 2. The van der Waals surface area contributed by atoms with E-state index < -0.39 is 12.0 Å². The van der Waals surface area contributed by atoms with Crippen LogP contribution in [-0.2, 0) is 13.0 Å². The summed E-state index contributed by atoms with van der Waals surface area (Å²) in [5.74, 6) is -2.69. The number of likely N-dealkylation sites (tertiary alicyclic amines) is 1. The predicted molar refractivity (Wildman–Crippen MR) is 103 cm³/mol. The smallest absolute Gasteiger partial charge is 0.275 e. The van der Waals surface area contributed by atoms with Gasteiger partial charge in [0.2, 0.25) is 0 Å². The number of halogens is 2. The van der Waals surface area contributed by atoms with E-state index in [-0.39, 0.29) is 6.54 Å². The number of nitrogens with zero attached hydrogens (tertiary/aromatic N) is 2. The fraction of sp³-hybridized carbons (Fsp3) is 0.455. The van der Waals surface area contributed by atoms with Crippen LogP contribution in [0.2, 0.25) is 0 Å². The van der Waals surface area contributed by atoms with Gasteiger partial charge in [-0.3, -0.25) is 9.80 Å². The lowest BCUT2D eigenvalue weighted by molar-refractivity contribution is -0.123. The first-order valence-corrected chi connectivity index (χ1v) is 9.34. The third-order valence-corrected chi connectivity index (χ3v) is 5.28. The molecule has 4 heteroatoms. The zero-order valence-electron chi connectivity index (χ0n) is 15.7. The molecule has 0 N–H and O–H groups in total. The van der Waals surface area contributed by atoms with Gasteiger partial charge in [0.1, 0.15) is 0 Å². The molecule has 0 saturated carbocycles. The molecule has 0 aromatic heterocycles. The van der Waals surface area contributed by atoms with Gasteiger partial charge in [-0.1, -0.05) is 60.2 Å². The minimum absolute atomic E-state index is 0.150. The van der Waals surface area contributed by atoms with Gasteiger partial charge in [-0.2, -0.15) is 0 Å². The van der Waals surface area contributed by atoms with Crippen molar-refractivity contribution in [2.75, 3.05) is 26.7 Å². The zero-order chi connectivity index (χ0) is 18.6. The normalized spacial score (nSPS) is 20.4. The van der Waals surface area contributed by atoms with E-state index in [1.807, 2.05) is 47.2 Å². The molecule has 1 aliphatic heterocycles. The SMILES string of the molecule is Cc1ccc(CCN2CCC(N(C)Cc3ccccc3)C(F)(F)C2)cc1. The Hall–Kier alpha value is -1.78. The summed E-state index contributed by atoms with van der Waals surface area (Å²) in [7, 11) is 1.81. The maximum atomic E-state index is 14.8. The largest absolute Gasteiger partial charge is 0.297 e. The molecule has 3 rings (SSSR count). The fourth-order valence-corrected chi connectivity index (χ4v) is 3.76. The summed E-state index contributed by atoms with van der Waals surface area (Å²) in [5, 5.41) is 0. The Kier molecular flexibility index (Phi) is 6.05. The highest BCUT2D eigenvalue weighted by molar-refractivity contribution is 5.21. The second-order valence-electron chi connectivity index (χ2n) is 7.48. The van der Waals surface area contributed by atoms with E-state index in [0.717, 1.165) is 18.5 Å². The molecule has 1 aliphatic rings. The molecular formula is C22H28F2N2. The van der Waals surface area contributed by atoms with Gasteiger partial charge < -0.3 is 0 Å². The lowest BCUT2D eigenvalue weighted by Crippen LogP contribution is -2.57. The van der Waals surface area contributed by atoms with Gasteiger partial charge in [0, 0.05) is 19.6 Å². The molecule has 1 saturated heterocycles. The van der Waals surface area contributed by atoms with E-state index in [2.05, 4.69) is 31.2 Å². The van der Waals surface area contributed by atoms with Crippen LogP contribution >= 0.6 is 0 Å². The molecule has 0 bridgehead atoms. The summed E-state index contributed by atoms with van der Waals surface area (Å²) in [6.45, 7) is 3.88. The Morgan fingerprint density at radius 3 is 2.38 bits per heavy atom. The van der Waals surface area contributed by atoms with E-state index in [1.165, 1.54) is 11.1 Å². The highest BCUT2D eigenvalue weighted by Gasteiger charge is 2.46. The van der Waals surface area contributed by atoms with Crippen molar-refractivity contribution >= 4 is 0 Å². The summed E-state index contributed by atoms with van der Waals surface area (Å²) in [4.78, 5) is 3.72. The number of benzene rings is 2. The highest BCUT2D eigenvalue weighted by atomic mass is 19.3. The van der Waals surface area contributed by atoms with Crippen molar-refractivity contribution in [2.24, 2.45) is 0 Å². The number of hydrogen-bond donors (Lipinski definition) is 0. The van der Waals surface area contributed by atoms with E-state index in [9.17, 15) is 8.78 Å². The van der Waals surface area contributed by atoms with Gasteiger partial charge in [0.05, 0.1) is 12.6 Å². The molecule has 1 fully saturated rings. The first-order valence-electron chi connectivity index (χ1n) is 9.34. The Morgan fingerprint density at radius 1 is 1.04 bits per heavy atom. The monoisotopic (exact) mass is 358 g/mol. The number of aryl methyl sites for hydroxylation is 1. The van der Waals surface area contributed by atoms with Crippen molar-refractivity contribution in [3.05, 3.63) is 71.3 Å². The second-order valence-corrected chi connectivity index (χ2v) is 7.48. The van der Waals surface area contributed by atoms with Crippen molar-refractivity contribution in [2.45, 2.75) is 38.3 Å². The number of alkyl halides is 2. The third-order valence-electron chi connectivity index (χ3n) is 5.28. The van der Waals surface area contributed by atoms with Crippen LogP contribution in [-0.4, -0.2) is 48.4 Å². The molecule has 2 aromatic carbocycles. The molecule has 26 heavy (non-hydrogen) atoms. The molecule has 0 amide bonds. The van der Waals surface area contributed by atoms with Gasteiger partial charge in [0.25, 0.3) is 5.92 Å². The molecule has 0 radical (unpaired) electrons. The van der Waals surface area contributed by atoms with Crippen LogP contribution in [0.4, 0.5) is 8.78 Å². The summed E-state index contributed by atoms with van der Waals surface area (Å²) in [6.07, 6.45) is 1.32. The molecule has 2 nitrogen and oxygen atoms in total. The topological polar surface area (TPSA) is 6.48 Å². The molecule has 1 unspecified atom stereocenters. The van der Waals surface area contributed by atoms with Crippen molar-refractivity contribution in [3.63, 3.8) is 0 Å². The van der Waals surface area contributed by atoms with Gasteiger partial charge in [-0.15, -0.1) is 0 Å². The average molecular weight is 358 g/mol. The lowest BCUT2D eigenvalue weighted by atomic mass is 9.98. The maximum absolute atomic E-state index is 14.8. The van der Waals surface area contributed by atoms with E-state index >= 15 is 0 Å². The molecule has 0 spiro atoms. The minimum Gasteiger partial charge on any atom is -0.297 e. The minimum atomic E-state index is -2.69. The third kappa shape index (κ3) is 4.89. The lowest BCUT2D eigenvalue weighted by Gasteiger charge is -2.42. The van der Waals surface area contributed by atoms with Crippen LogP contribution in [0.3, 0.4) is 0 Å². The van der Waals surface area contributed by atoms with Crippen LogP contribution in [0.1, 0.15) is 23.1 Å². The van der Waals surface area contributed by atoms with Crippen LogP contribution in [0.5, 0.6) is 0 Å². The van der Waals surface area contributed by atoms with Gasteiger partial charge in [0.15, 0.2) is 0 Å². The molecule has 1 heterocycles. The summed E-state index contributed by atoms with van der Waals surface area (Å²) in [6, 6.07) is 17.5. The Balaban J connectivity index is 1.54. The van der Waals surface area contributed by atoms with Crippen molar-refractivity contribution in [3.8, 4) is 0 Å². The quantitative estimate of drug-likeness (QED) is 0.756. The van der Waals surface area contributed by atoms with Crippen molar-refractivity contribution in [1.82, 2.24) is 9.80 Å². The van der Waals surface area contributed by atoms with E-state index in [4.69, 9.17) is 0 Å². The molecular weight excluding hydrogens is 330 g/mol. The van der Waals surface area contributed by atoms with Crippen LogP contribution in [0.25, 0.3) is 0 Å². The zero-order valence-corrected chi connectivity index (χ0v) is 15.7. The molecule has 0 aliphatic carbocycles. The van der Waals surface area contributed by atoms with Crippen LogP contribution in [0, 0.1) is 6.92 Å². The summed E-state index contributed by atoms with van der Waals surface area (Å²) >= 11 is 0. The highest BCUT2D eigenvalue weighted by Crippen LogP contribution is 2.31. The van der Waals surface area contributed by atoms with Gasteiger partial charge in [-0.25, -0.2) is 8.78 Å². The van der Waals surface area contributed by atoms with E-state index in [0.29, 0.717) is 19.5 Å². The maximum Gasteiger partial charge on any atom is 0.275 e. The molecule has 2 aromatic rings. The van der Waals surface area contributed by atoms with Crippen LogP contribution in [0.15, 0.2) is 54.6 Å². The van der Waals surface area contributed by atoms with Gasteiger partial charge >= 0.3 is 0 Å². The summed E-state index contributed by atoms with van der Waals surface area (Å²) in [5.41, 5.74) is 3.51. The van der Waals surface area contributed by atoms with Crippen LogP contribution < -0.4 is 0 Å². The second kappa shape index (κ2) is 8.28. The average Bonchev–Trinajstić information content (AvgIpc) is 2.61. The van der Waals surface area contributed by atoms with E-state index in [1.54, 1.807) is 0 Å². The fourth-order valence-electron chi connectivity index (χ4n) is 3.76. The number of piperidine rings is 1. The standard InChI is InChI=1S/C22H28F2N2/c1-18-8-10-19(11-9-18)12-14-26-15-13-21(22(23,24)17-26)25(2)16-20-6-4-3-5-7-20/h3-11,21H,12-17H2,1-2H3. The van der Waals surface area contributed by atoms with Crippen molar-refractivity contribution in [1.29, 1.82) is 0 Å². The predicted octanol–water partition coefficient (Wildman–Crippen LogP) is 4.38. The Labute approximate surface area is 155 Å². The Morgan fingerprint density at radius 2 is 1.73 bits per heavy atom. The summed E-state index contributed by atoms with van der Waals surface area (Å²) < 4.78 is 29.5. The number of rotatable bonds is 6. The molecule has 140 valence electrons. The first-order chi connectivity index (χ1) is 12.4. The van der Waals surface area contributed by atoms with Crippen molar-refractivity contribution < 1.29 is 8.78 Å². The first kappa shape index (κ1) is 19.0. The Bertz CT molecular complexity index is 685. The van der Waals surface area contributed by atoms with Gasteiger partial charge in [-0.05, 0) is 37.9 Å².